The number of hydrogen-bond acceptors (Lipinski definition) is 4. The van der Waals surface area contributed by atoms with E-state index in [-0.39, 0.29) is 0 Å². The summed E-state index contributed by atoms with van der Waals surface area (Å²) in [5.41, 5.74) is 1.62. The Kier molecular flexibility index (Phi) is 3.58. The normalized spacial score (nSPS) is 10.4. The van der Waals surface area contributed by atoms with Crippen LogP contribution in [0.4, 0.5) is 15.2 Å². The van der Waals surface area contributed by atoms with Crippen molar-refractivity contribution >= 4 is 22.2 Å². The third kappa shape index (κ3) is 2.66. The molecule has 2 rings (SSSR count). The summed E-state index contributed by atoms with van der Waals surface area (Å²) in [5.74, 6) is -0.0991. The maximum absolute atomic E-state index is 13.7. The molecule has 5 heteroatoms. The molecular formula is C13H12FN3S. The minimum Gasteiger partial charge on any atom is -0.329 e. The van der Waals surface area contributed by atoms with Crippen LogP contribution in [0.2, 0.25) is 0 Å². The number of nitrogens with zero attached hydrogens (tertiary/aromatic N) is 2. The van der Waals surface area contributed by atoms with Gasteiger partial charge in [0.15, 0.2) is 5.13 Å². The standard InChI is InChI=1S/C13H12FN3S/c1-8(2)12-7-18-13(17-12)16-11-4-3-9(6-15)5-10(11)14/h3-5,7-8H,1-2H3,(H,16,17). The van der Waals surface area contributed by atoms with Crippen LogP contribution in [0.1, 0.15) is 31.0 Å². The fourth-order valence-electron chi connectivity index (χ4n) is 1.41. The van der Waals surface area contributed by atoms with Crippen LogP contribution < -0.4 is 5.32 Å². The van der Waals surface area contributed by atoms with E-state index in [0.29, 0.717) is 22.3 Å². The van der Waals surface area contributed by atoms with Gasteiger partial charge in [-0.25, -0.2) is 9.37 Å². The molecule has 0 aliphatic heterocycles. The predicted molar refractivity (Wildman–Crippen MR) is 70.6 cm³/mol. The number of hydrogen-bond donors (Lipinski definition) is 1. The van der Waals surface area contributed by atoms with E-state index in [9.17, 15) is 4.39 Å². The summed E-state index contributed by atoms with van der Waals surface area (Å²) in [4.78, 5) is 4.36. The number of halogens is 1. The summed E-state index contributed by atoms with van der Waals surface area (Å²) < 4.78 is 13.7. The molecule has 0 saturated carbocycles. The van der Waals surface area contributed by atoms with Crippen LogP contribution in [0.15, 0.2) is 23.6 Å². The molecule has 1 heterocycles. The number of rotatable bonds is 3. The van der Waals surface area contributed by atoms with E-state index >= 15 is 0 Å². The minimum atomic E-state index is -0.449. The lowest BCUT2D eigenvalue weighted by Crippen LogP contribution is -1.95. The van der Waals surface area contributed by atoms with Crippen LogP contribution in [0, 0.1) is 17.1 Å². The first-order valence-electron chi connectivity index (χ1n) is 5.52. The predicted octanol–water partition coefficient (Wildman–Crippen LogP) is 4.02. The van der Waals surface area contributed by atoms with E-state index in [1.54, 1.807) is 12.1 Å². The molecule has 92 valence electrons. The molecule has 0 radical (unpaired) electrons. The lowest BCUT2D eigenvalue weighted by Gasteiger charge is -2.04. The summed E-state index contributed by atoms with van der Waals surface area (Å²) in [5, 5.41) is 14.2. The highest BCUT2D eigenvalue weighted by Gasteiger charge is 2.08. The highest BCUT2D eigenvalue weighted by Crippen LogP contribution is 2.26. The van der Waals surface area contributed by atoms with Crippen molar-refractivity contribution in [1.29, 1.82) is 5.26 Å². The highest BCUT2D eigenvalue weighted by molar-refractivity contribution is 7.13. The van der Waals surface area contributed by atoms with Crippen molar-refractivity contribution in [2.24, 2.45) is 0 Å². The van der Waals surface area contributed by atoms with Gasteiger partial charge in [-0.2, -0.15) is 5.26 Å². The largest absolute Gasteiger partial charge is 0.329 e. The molecule has 1 aromatic heterocycles. The first kappa shape index (κ1) is 12.5. The van der Waals surface area contributed by atoms with Gasteiger partial charge in [-0.1, -0.05) is 13.8 Å². The molecule has 0 aliphatic carbocycles. The Hall–Kier alpha value is -1.93. The molecule has 0 atom stereocenters. The summed E-state index contributed by atoms with van der Waals surface area (Å²) in [7, 11) is 0. The topological polar surface area (TPSA) is 48.7 Å². The van der Waals surface area contributed by atoms with Crippen molar-refractivity contribution in [3.63, 3.8) is 0 Å². The fourth-order valence-corrected chi connectivity index (χ4v) is 2.29. The Bertz CT molecular complexity index is 599. The van der Waals surface area contributed by atoms with Gasteiger partial charge < -0.3 is 5.32 Å². The second-order valence-corrected chi connectivity index (χ2v) is 5.02. The number of benzene rings is 1. The van der Waals surface area contributed by atoms with Gasteiger partial charge in [-0.3, -0.25) is 0 Å². The molecule has 3 nitrogen and oxygen atoms in total. The molecule has 0 fully saturated rings. The Morgan fingerprint density at radius 3 is 2.78 bits per heavy atom. The van der Waals surface area contributed by atoms with Gasteiger partial charge in [0.25, 0.3) is 0 Å². The summed E-state index contributed by atoms with van der Waals surface area (Å²) in [6, 6.07) is 6.22. The molecule has 0 unspecified atom stereocenters. The molecule has 2 aromatic rings. The van der Waals surface area contributed by atoms with E-state index in [2.05, 4.69) is 24.1 Å². The van der Waals surface area contributed by atoms with Crippen molar-refractivity contribution in [3.8, 4) is 6.07 Å². The molecule has 0 aliphatic rings. The summed E-state index contributed by atoms with van der Waals surface area (Å²) in [6.45, 7) is 4.11. The van der Waals surface area contributed by atoms with E-state index in [1.807, 2.05) is 11.4 Å². The molecule has 1 aromatic carbocycles. The van der Waals surface area contributed by atoms with Crippen molar-refractivity contribution in [1.82, 2.24) is 4.98 Å². The van der Waals surface area contributed by atoms with E-state index in [0.717, 1.165) is 5.69 Å². The molecule has 0 spiro atoms. The maximum atomic E-state index is 13.7. The highest BCUT2D eigenvalue weighted by atomic mass is 32.1. The number of thiazole rings is 1. The van der Waals surface area contributed by atoms with Crippen LogP contribution in [-0.4, -0.2) is 4.98 Å². The van der Waals surface area contributed by atoms with Crippen molar-refractivity contribution in [2.75, 3.05) is 5.32 Å². The molecule has 1 N–H and O–H groups in total. The fraction of sp³-hybridized carbons (Fsp3) is 0.231. The van der Waals surface area contributed by atoms with Gasteiger partial charge in [0.1, 0.15) is 5.82 Å². The monoisotopic (exact) mass is 261 g/mol. The van der Waals surface area contributed by atoms with Crippen molar-refractivity contribution in [3.05, 3.63) is 40.7 Å². The Balaban J connectivity index is 2.21. The van der Waals surface area contributed by atoms with Gasteiger partial charge in [0.05, 0.1) is 23.0 Å². The Morgan fingerprint density at radius 2 is 2.22 bits per heavy atom. The van der Waals surface area contributed by atoms with Crippen LogP contribution in [0.5, 0.6) is 0 Å². The van der Waals surface area contributed by atoms with Gasteiger partial charge in [-0.15, -0.1) is 11.3 Å². The summed E-state index contributed by atoms with van der Waals surface area (Å²) >= 11 is 1.44. The van der Waals surface area contributed by atoms with Gasteiger partial charge in [-0.05, 0) is 24.1 Å². The van der Waals surface area contributed by atoms with Crippen molar-refractivity contribution in [2.45, 2.75) is 19.8 Å². The third-order valence-corrected chi connectivity index (χ3v) is 3.23. The van der Waals surface area contributed by atoms with Crippen LogP contribution in [0.3, 0.4) is 0 Å². The molecule has 0 amide bonds. The molecule has 0 bridgehead atoms. The number of aromatic nitrogens is 1. The number of nitriles is 1. The zero-order chi connectivity index (χ0) is 13.1. The molecule has 0 saturated heterocycles. The van der Waals surface area contributed by atoms with Gasteiger partial charge in [0.2, 0.25) is 0 Å². The maximum Gasteiger partial charge on any atom is 0.187 e. The van der Waals surface area contributed by atoms with E-state index in [4.69, 9.17) is 5.26 Å². The Morgan fingerprint density at radius 1 is 1.44 bits per heavy atom. The van der Waals surface area contributed by atoms with Crippen LogP contribution in [0.25, 0.3) is 0 Å². The second kappa shape index (κ2) is 5.15. The van der Waals surface area contributed by atoms with E-state index in [1.165, 1.54) is 17.4 Å². The first-order valence-corrected chi connectivity index (χ1v) is 6.40. The van der Waals surface area contributed by atoms with Crippen molar-refractivity contribution < 1.29 is 4.39 Å². The average molecular weight is 261 g/mol. The first-order chi connectivity index (χ1) is 8.60. The molecular weight excluding hydrogens is 249 g/mol. The average Bonchev–Trinajstić information content (AvgIpc) is 2.80. The van der Waals surface area contributed by atoms with Crippen LogP contribution in [-0.2, 0) is 0 Å². The third-order valence-electron chi connectivity index (χ3n) is 2.45. The number of anilines is 2. The zero-order valence-electron chi connectivity index (χ0n) is 10.1. The Labute approximate surface area is 109 Å². The smallest absolute Gasteiger partial charge is 0.187 e. The lowest BCUT2D eigenvalue weighted by molar-refractivity contribution is 0.631. The SMILES string of the molecule is CC(C)c1csc(Nc2ccc(C#N)cc2F)n1. The molecule has 18 heavy (non-hydrogen) atoms. The summed E-state index contributed by atoms with van der Waals surface area (Å²) in [6.07, 6.45) is 0. The van der Waals surface area contributed by atoms with Gasteiger partial charge in [0, 0.05) is 5.38 Å². The van der Waals surface area contributed by atoms with Gasteiger partial charge >= 0.3 is 0 Å². The minimum absolute atomic E-state index is 0.306. The lowest BCUT2D eigenvalue weighted by atomic mass is 10.2. The number of nitrogens with one attached hydrogen (secondary N) is 1. The zero-order valence-corrected chi connectivity index (χ0v) is 10.9. The second-order valence-electron chi connectivity index (χ2n) is 4.16. The van der Waals surface area contributed by atoms with Crippen LogP contribution >= 0.6 is 11.3 Å². The van der Waals surface area contributed by atoms with E-state index < -0.39 is 5.82 Å². The quantitative estimate of drug-likeness (QED) is 0.907.